The molecule has 0 saturated heterocycles. The summed E-state index contributed by atoms with van der Waals surface area (Å²) in [6.07, 6.45) is 1.02. The average Bonchev–Trinajstić information content (AvgIpc) is 3.20. The number of nitrogens with zero attached hydrogens (tertiary/aromatic N) is 1. The molecule has 0 aliphatic rings. The smallest absolute Gasteiger partial charge is 0.305 e. The Labute approximate surface area is 163 Å². The molecule has 0 N–H and O–H groups in total. The van der Waals surface area contributed by atoms with Gasteiger partial charge >= 0.3 is 5.97 Å². The first-order valence-corrected chi connectivity index (χ1v) is 9.68. The van der Waals surface area contributed by atoms with Gasteiger partial charge in [-0.3, -0.25) is 4.79 Å². The van der Waals surface area contributed by atoms with Crippen molar-refractivity contribution in [1.82, 2.24) is 4.57 Å². The van der Waals surface area contributed by atoms with Crippen LogP contribution in [0, 0.1) is 0 Å². The zero-order valence-corrected chi connectivity index (χ0v) is 17.1. The van der Waals surface area contributed by atoms with E-state index >= 15 is 0 Å². The van der Waals surface area contributed by atoms with Crippen LogP contribution in [-0.4, -0.2) is 17.6 Å². The standard InChI is InChI=1S/C20H19NO2.2C2H6/c1-23-20(22)15-13-18-12-14-19(16-8-4-2-5-9-16)21(18)17-10-6-3-7-11-17;2*1-2/h2-12,14H,13,15H2,1H3;2*1-2H3. The number of carbonyl (C=O) groups excluding carboxylic acids is 1. The molecule has 0 aliphatic carbocycles. The molecular formula is C24H31NO2. The molecule has 1 heterocycles. The maximum Gasteiger partial charge on any atom is 0.305 e. The number of rotatable bonds is 5. The lowest BCUT2D eigenvalue weighted by atomic mass is 10.1. The molecule has 2 aromatic carbocycles. The van der Waals surface area contributed by atoms with Crippen molar-refractivity contribution in [2.45, 2.75) is 40.5 Å². The van der Waals surface area contributed by atoms with Gasteiger partial charge in [-0.2, -0.15) is 0 Å². The zero-order valence-electron chi connectivity index (χ0n) is 17.1. The number of aryl methyl sites for hydroxylation is 1. The molecule has 0 amide bonds. The first-order valence-electron chi connectivity index (χ1n) is 9.68. The Morgan fingerprint density at radius 3 is 1.93 bits per heavy atom. The van der Waals surface area contributed by atoms with E-state index < -0.39 is 0 Å². The van der Waals surface area contributed by atoms with E-state index in [1.54, 1.807) is 0 Å². The van der Waals surface area contributed by atoms with E-state index in [4.69, 9.17) is 4.74 Å². The van der Waals surface area contributed by atoms with Crippen LogP contribution < -0.4 is 0 Å². The first-order chi connectivity index (χ1) is 13.3. The lowest BCUT2D eigenvalue weighted by molar-refractivity contribution is -0.140. The van der Waals surface area contributed by atoms with E-state index in [9.17, 15) is 4.79 Å². The van der Waals surface area contributed by atoms with Gasteiger partial charge < -0.3 is 9.30 Å². The Hall–Kier alpha value is -2.81. The molecule has 0 radical (unpaired) electrons. The molecule has 0 unspecified atom stereocenters. The highest BCUT2D eigenvalue weighted by Gasteiger charge is 2.13. The molecule has 1 aromatic heterocycles. The van der Waals surface area contributed by atoms with Gasteiger partial charge in [0, 0.05) is 11.4 Å². The van der Waals surface area contributed by atoms with E-state index in [1.165, 1.54) is 7.11 Å². The van der Waals surface area contributed by atoms with Gasteiger partial charge in [-0.1, -0.05) is 76.2 Å². The fourth-order valence-electron chi connectivity index (χ4n) is 2.72. The number of para-hydroxylation sites is 1. The Morgan fingerprint density at radius 1 is 0.815 bits per heavy atom. The highest BCUT2D eigenvalue weighted by Crippen LogP contribution is 2.27. The summed E-state index contributed by atoms with van der Waals surface area (Å²) in [5.41, 5.74) is 4.47. The molecule has 0 aliphatic heterocycles. The second-order valence-electron chi connectivity index (χ2n) is 5.32. The maximum absolute atomic E-state index is 11.5. The van der Waals surface area contributed by atoms with Crippen LogP contribution in [-0.2, 0) is 16.0 Å². The van der Waals surface area contributed by atoms with Crippen LogP contribution in [0.4, 0.5) is 0 Å². The van der Waals surface area contributed by atoms with Gasteiger partial charge in [-0.25, -0.2) is 0 Å². The van der Waals surface area contributed by atoms with Gasteiger partial charge in [0.25, 0.3) is 0 Å². The number of carbonyl (C=O) groups is 1. The number of aromatic nitrogens is 1. The third-order valence-electron chi connectivity index (χ3n) is 3.86. The third-order valence-corrected chi connectivity index (χ3v) is 3.86. The Kier molecular flexibility index (Phi) is 10.3. The first kappa shape index (κ1) is 22.2. The van der Waals surface area contributed by atoms with Crippen molar-refractivity contribution < 1.29 is 9.53 Å². The number of methoxy groups -OCH3 is 1. The van der Waals surface area contributed by atoms with Crippen molar-refractivity contribution >= 4 is 5.97 Å². The molecule has 0 atom stereocenters. The summed E-state index contributed by atoms with van der Waals surface area (Å²) in [7, 11) is 1.42. The van der Waals surface area contributed by atoms with Crippen LogP contribution in [0.15, 0.2) is 72.8 Å². The number of hydrogen-bond acceptors (Lipinski definition) is 2. The van der Waals surface area contributed by atoms with Gasteiger partial charge in [0.15, 0.2) is 0 Å². The number of esters is 1. The van der Waals surface area contributed by atoms with Gasteiger partial charge in [0.05, 0.1) is 19.2 Å². The molecule has 3 nitrogen and oxygen atoms in total. The molecule has 3 aromatic rings. The highest BCUT2D eigenvalue weighted by atomic mass is 16.5. The van der Waals surface area contributed by atoms with E-state index in [2.05, 4.69) is 41.0 Å². The van der Waals surface area contributed by atoms with Crippen LogP contribution in [0.2, 0.25) is 0 Å². The maximum atomic E-state index is 11.5. The van der Waals surface area contributed by atoms with E-state index in [1.807, 2.05) is 64.1 Å². The summed E-state index contributed by atoms with van der Waals surface area (Å²) in [5, 5.41) is 0. The molecule has 144 valence electrons. The van der Waals surface area contributed by atoms with Gasteiger partial charge in [0.2, 0.25) is 0 Å². The SMILES string of the molecule is CC.CC.COC(=O)CCc1ccc(-c2ccccc2)n1-c1ccccc1. The summed E-state index contributed by atoms with van der Waals surface area (Å²) in [5.74, 6) is -0.188. The van der Waals surface area contributed by atoms with Crippen molar-refractivity contribution in [2.75, 3.05) is 7.11 Å². The second-order valence-corrected chi connectivity index (χ2v) is 5.32. The Balaban J connectivity index is 0.000000855. The average molecular weight is 366 g/mol. The van der Waals surface area contributed by atoms with E-state index in [0.29, 0.717) is 12.8 Å². The minimum atomic E-state index is -0.188. The van der Waals surface area contributed by atoms with Crippen LogP contribution in [0.25, 0.3) is 16.9 Å². The summed E-state index contributed by atoms with van der Waals surface area (Å²) < 4.78 is 6.97. The minimum absolute atomic E-state index is 0.188. The second kappa shape index (κ2) is 12.5. The topological polar surface area (TPSA) is 31.2 Å². The van der Waals surface area contributed by atoms with E-state index in [0.717, 1.165) is 22.6 Å². The number of benzene rings is 2. The Bertz CT molecular complexity index is 777. The largest absolute Gasteiger partial charge is 0.469 e. The van der Waals surface area contributed by atoms with Crippen molar-refractivity contribution in [3.8, 4) is 16.9 Å². The van der Waals surface area contributed by atoms with E-state index in [-0.39, 0.29) is 5.97 Å². The predicted octanol–water partition coefficient (Wildman–Crippen LogP) is 6.30. The molecule has 3 heteroatoms. The normalized spacial score (nSPS) is 9.37. The van der Waals surface area contributed by atoms with Crippen LogP contribution in [0.3, 0.4) is 0 Å². The lowest BCUT2D eigenvalue weighted by Crippen LogP contribution is -2.06. The van der Waals surface area contributed by atoms with Crippen LogP contribution >= 0.6 is 0 Å². The van der Waals surface area contributed by atoms with Crippen molar-refractivity contribution in [3.05, 3.63) is 78.5 Å². The monoisotopic (exact) mass is 365 g/mol. The fraction of sp³-hybridized carbons (Fsp3) is 0.292. The van der Waals surface area contributed by atoms with Crippen molar-refractivity contribution in [2.24, 2.45) is 0 Å². The quantitative estimate of drug-likeness (QED) is 0.497. The summed E-state index contributed by atoms with van der Waals surface area (Å²) in [6, 6.07) is 24.7. The molecule has 27 heavy (non-hydrogen) atoms. The third kappa shape index (κ3) is 6.14. The van der Waals surface area contributed by atoms with Crippen molar-refractivity contribution in [1.29, 1.82) is 0 Å². The lowest BCUT2D eigenvalue weighted by Gasteiger charge is -2.14. The Morgan fingerprint density at radius 2 is 1.37 bits per heavy atom. The summed E-state index contributed by atoms with van der Waals surface area (Å²) in [4.78, 5) is 11.5. The summed E-state index contributed by atoms with van der Waals surface area (Å²) in [6.45, 7) is 8.00. The number of hydrogen-bond donors (Lipinski definition) is 0. The predicted molar refractivity (Wildman–Crippen MR) is 114 cm³/mol. The zero-order chi connectivity index (χ0) is 20.1. The minimum Gasteiger partial charge on any atom is -0.469 e. The summed E-state index contributed by atoms with van der Waals surface area (Å²) >= 11 is 0. The van der Waals surface area contributed by atoms with Gasteiger partial charge in [0.1, 0.15) is 0 Å². The van der Waals surface area contributed by atoms with Crippen LogP contribution in [0.5, 0.6) is 0 Å². The van der Waals surface area contributed by atoms with Crippen LogP contribution in [0.1, 0.15) is 39.8 Å². The fourth-order valence-corrected chi connectivity index (χ4v) is 2.72. The molecule has 0 fully saturated rings. The molecule has 0 saturated carbocycles. The number of ether oxygens (including phenoxy) is 1. The molecular weight excluding hydrogens is 334 g/mol. The highest BCUT2D eigenvalue weighted by molar-refractivity contribution is 5.70. The molecule has 3 rings (SSSR count). The molecule has 0 spiro atoms. The van der Waals surface area contributed by atoms with Gasteiger partial charge in [-0.05, 0) is 36.2 Å². The van der Waals surface area contributed by atoms with Crippen molar-refractivity contribution in [3.63, 3.8) is 0 Å². The molecule has 0 bridgehead atoms. The van der Waals surface area contributed by atoms with Gasteiger partial charge in [-0.15, -0.1) is 0 Å².